The van der Waals surface area contributed by atoms with E-state index in [-0.39, 0.29) is 0 Å². The molecule has 2 aromatic heterocycles. The van der Waals surface area contributed by atoms with Crippen molar-refractivity contribution in [3.05, 3.63) is 41.0 Å². The van der Waals surface area contributed by atoms with Crippen LogP contribution in [0.3, 0.4) is 0 Å². The van der Waals surface area contributed by atoms with E-state index in [0.717, 1.165) is 54.7 Å². The van der Waals surface area contributed by atoms with Crippen molar-refractivity contribution in [2.24, 2.45) is 5.92 Å². The van der Waals surface area contributed by atoms with Gasteiger partial charge in [0, 0.05) is 36.5 Å². The zero-order valence-corrected chi connectivity index (χ0v) is 16.0. The number of ether oxygens (including phenoxy) is 1. The van der Waals surface area contributed by atoms with Gasteiger partial charge in [-0.05, 0) is 57.6 Å². The topological polar surface area (TPSA) is 74.9 Å². The molecule has 3 heterocycles. The molecule has 1 aliphatic heterocycles. The lowest BCUT2D eigenvalue weighted by atomic mass is 9.98. The van der Waals surface area contributed by atoms with Crippen LogP contribution in [0.2, 0.25) is 0 Å². The zero-order chi connectivity index (χ0) is 18.8. The summed E-state index contributed by atoms with van der Waals surface area (Å²) in [6, 6.07) is 5.79. The number of aromatic nitrogens is 3. The van der Waals surface area contributed by atoms with Crippen molar-refractivity contribution in [3.8, 4) is 11.9 Å². The van der Waals surface area contributed by atoms with Crippen LogP contribution in [0.5, 0.6) is 5.88 Å². The largest absolute Gasteiger partial charge is 0.477 e. The third-order valence-electron chi connectivity index (χ3n) is 5.57. The van der Waals surface area contributed by atoms with Gasteiger partial charge in [-0.1, -0.05) is 0 Å². The van der Waals surface area contributed by atoms with Crippen molar-refractivity contribution in [3.63, 3.8) is 0 Å². The van der Waals surface area contributed by atoms with Crippen LogP contribution in [0.4, 0.5) is 5.82 Å². The Balaban J connectivity index is 1.34. The number of piperidine rings is 1. The lowest BCUT2D eigenvalue weighted by molar-refractivity contribution is 0.213. The number of anilines is 1. The highest BCUT2D eigenvalue weighted by molar-refractivity contribution is 5.45. The summed E-state index contributed by atoms with van der Waals surface area (Å²) in [4.78, 5) is 16.0. The second kappa shape index (κ2) is 7.51. The molecule has 4 rings (SSSR count). The maximum absolute atomic E-state index is 9.06. The summed E-state index contributed by atoms with van der Waals surface area (Å²) in [5.74, 6) is 3.65. The van der Waals surface area contributed by atoms with Gasteiger partial charge in [-0.25, -0.2) is 9.97 Å². The number of rotatable bonds is 5. The molecule has 0 aromatic carbocycles. The molecule has 2 fully saturated rings. The molecule has 2 aliphatic rings. The first kappa shape index (κ1) is 17.7. The van der Waals surface area contributed by atoms with Crippen LogP contribution in [0, 0.1) is 31.1 Å². The van der Waals surface area contributed by atoms with Gasteiger partial charge in [0.15, 0.2) is 0 Å². The molecular formula is C21H25N5O. The Morgan fingerprint density at radius 1 is 1.19 bits per heavy atom. The third kappa shape index (κ3) is 4.02. The maximum atomic E-state index is 9.06. The minimum absolute atomic E-state index is 0.513. The van der Waals surface area contributed by atoms with Crippen molar-refractivity contribution in [2.45, 2.75) is 45.4 Å². The highest BCUT2D eigenvalue weighted by Crippen LogP contribution is 2.39. The molecule has 6 heteroatoms. The van der Waals surface area contributed by atoms with Crippen molar-refractivity contribution < 1.29 is 4.74 Å². The van der Waals surface area contributed by atoms with Crippen molar-refractivity contribution in [2.75, 3.05) is 24.6 Å². The summed E-state index contributed by atoms with van der Waals surface area (Å²) in [6.45, 7) is 6.64. The van der Waals surface area contributed by atoms with Crippen LogP contribution >= 0.6 is 0 Å². The Morgan fingerprint density at radius 2 is 1.96 bits per heavy atom. The molecule has 0 bridgehead atoms. The normalized spacial score (nSPS) is 17.6. The first-order valence-electron chi connectivity index (χ1n) is 9.73. The van der Waals surface area contributed by atoms with Crippen LogP contribution in [0.1, 0.15) is 54.2 Å². The van der Waals surface area contributed by atoms with E-state index in [0.29, 0.717) is 24.0 Å². The van der Waals surface area contributed by atoms with E-state index < -0.39 is 0 Å². The molecule has 1 aliphatic carbocycles. The maximum Gasteiger partial charge on any atom is 0.219 e. The van der Waals surface area contributed by atoms with Crippen LogP contribution in [0.25, 0.3) is 0 Å². The van der Waals surface area contributed by atoms with Gasteiger partial charge in [-0.3, -0.25) is 0 Å². The van der Waals surface area contributed by atoms with Crippen LogP contribution in [-0.2, 0) is 0 Å². The summed E-state index contributed by atoms with van der Waals surface area (Å²) < 4.78 is 6.12. The fraction of sp³-hybridized carbons (Fsp3) is 0.524. The molecule has 0 spiro atoms. The summed E-state index contributed by atoms with van der Waals surface area (Å²) >= 11 is 0. The van der Waals surface area contributed by atoms with Crippen LogP contribution in [0.15, 0.2) is 18.3 Å². The van der Waals surface area contributed by atoms with E-state index >= 15 is 0 Å². The number of hydrogen-bond acceptors (Lipinski definition) is 6. The van der Waals surface area contributed by atoms with E-state index in [9.17, 15) is 0 Å². The number of nitriles is 1. The van der Waals surface area contributed by atoms with Crippen LogP contribution in [-0.4, -0.2) is 34.6 Å². The summed E-state index contributed by atoms with van der Waals surface area (Å²) in [6.07, 6.45) is 6.21. The highest BCUT2D eigenvalue weighted by atomic mass is 16.5. The molecule has 0 unspecified atom stereocenters. The minimum Gasteiger partial charge on any atom is -0.477 e. The lowest BCUT2D eigenvalue weighted by Crippen LogP contribution is -2.36. The highest BCUT2D eigenvalue weighted by Gasteiger charge is 2.28. The molecule has 0 atom stereocenters. The molecule has 2 aromatic rings. The molecule has 1 saturated heterocycles. The Labute approximate surface area is 160 Å². The first-order chi connectivity index (χ1) is 13.1. The lowest BCUT2D eigenvalue weighted by Gasteiger charge is -2.32. The van der Waals surface area contributed by atoms with Crippen molar-refractivity contribution >= 4 is 5.82 Å². The molecule has 0 radical (unpaired) electrons. The van der Waals surface area contributed by atoms with Gasteiger partial charge in [0.05, 0.1) is 18.2 Å². The van der Waals surface area contributed by atoms with Gasteiger partial charge < -0.3 is 9.64 Å². The zero-order valence-electron chi connectivity index (χ0n) is 16.0. The summed E-state index contributed by atoms with van der Waals surface area (Å²) in [5.41, 5.74) is 2.74. The smallest absolute Gasteiger partial charge is 0.219 e. The van der Waals surface area contributed by atoms with Crippen LogP contribution < -0.4 is 9.64 Å². The van der Waals surface area contributed by atoms with Gasteiger partial charge in [0.1, 0.15) is 11.6 Å². The number of hydrogen-bond donors (Lipinski definition) is 0. The molecule has 6 nitrogen and oxygen atoms in total. The average molecular weight is 363 g/mol. The van der Waals surface area contributed by atoms with E-state index in [1.54, 1.807) is 12.3 Å². The van der Waals surface area contributed by atoms with Gasteiger partial charge in [-0.2, -0.15) is 10.2 Å². The summed E-state index contributed by atoms with van der Waals surface area (Å²) in [7, 11) is 0. The molecular weight excluding hydrogens is 338 g/mol. The van der Waals surface area contributed by atoms with Gasteiger partial charge >= 0.3 is 0 Å². The second-order valence-corrected chi connectivity index (χ2v) is 7.63. The second-order valence-electron chi connectivity index (χ2n) is 7.63. The quantitative estimate of drug-likeness (QED) is 0.809. The Bertz CT molecular complexity index is 863. The van der Waals surface area contributed by atoms with Crippen molar-refractivity contribution in [1.29, 1.82) is 5.26 Å². The fourth-order valence-electron chi connectivity index (χ4n) is 3.47. The molecule has 1 saturated carbocycles. The first-order valence-corrected chi connectivity index (χ1v) is 9.73. The number of aryl methyl sites for hydroxylation is 1. The van der Waals surface area contributed by atoms with Gasteiger partial charge in [0.25, 0.3) is 0 Å². The molecule has 0 N–H and O–H groups in total. The minimum atomic E-state index is 0.513. The van der Waals surface area contributed by atoms with Gasteiger partial charge in [-0.15, -0.1) is 0 Å². The third-order valence-corrected chi connectivity index (χ3v) is 5.57. The SMILES string of the molecule is Cc1nc(C2CC2)nc(OCC2CCN(c3cc(C#N)ccn3)CC2)c1C. The Hall–Kier alpha value is -2.68. The monoisotopic (exact) mass is 363 g/mol. The standard InChI is InChI=1S/C21H25N5O/c1-14-15(2)24-20(18-3-4-18)25-21(14)27-13-16-6-9-26(10-7-16)19-11-17(12-22)5-8-23-19/h5,8,11,16,18H,3-4,6-7,9-10,13H2,1-2H3. The van der Waals surface area contributed by atoms with E-state index in [4.69, 9.17) is 10.00 Å². The Kier molecular flexibility index (Phi) is 4.93. The average Bonchev–Trinajstić information content (AvgIpc) is 3.55. The van der Waals surface area contributed by atoms with E-state index in [1.807, 2.05) is 19.9 Å². The predicted octanol–water partition coefficient (Wildman–Crippen LogP) is 3.53. The van der Waals surface area contributed by atoms with Gasteiger partial charge in [0.2, 0.25) is 5.88 Å². The number of nitrogens with zero attached hydrogens (tertiary/aromatic N) is 5. The Morgan fingerprint density at radius 3 is 2.67 bits per heavy atom. The molecule has 27 heavy (non-hydrogen) atoms. The van der Waals surface area contributed by atoms with Crippen molar-refractivity contribution in [1.82, 2.24) is 15.0 Å². The fourth-order valence-corrected chi connectivity index (χ4v) is 3.47. The molecule has 0 amide bonds. The predicted molar refractivity (Wildman–Crippen MR) is 103 cm³/mol. The summed E-state index contributed by atoms with van der Waals surface area (Å²) in [5, 5.41) is 9.06. The molecule has 140 valence electrons. The van der Waals surface area contributed by atoms with E-state index in [2.05, 4.69) is 25.9 Å². The van der Waals surface area contributed by atoms with E-state index in [1.165, 1.54) is 12.8 Å². The number of pyridine rings is 1.